The van der Waals surface area contributed by atoms with E-state index in [-0.39, 0.29) is 18.8 Å². The van der Waals surface area contributed by atoms with Crippen molar-refractivity contribution in [3.63, 3.8) is 0 Å². The van der Waals surface area contributed by atoms with E-state index in [1.54, 1.807) is 56.5 Å². The quantitative estimate of drug-likeness (QED) is 0.263. The largest absolute Gasteiger partial charge is 0.455 e. The number of aliphatic imine (C=N–C) groups is 2. The summed E-state index contributed by atoms with van der Waals surface area (Å²) in [6.07, 6.45) is -1.46. The van der Waals surface area contributed by atoms with E-state index >= 15 is 8.78 Å². The van der Waals surface area contributed by atoms with Gasteiger partial charge in [0.1, 0.15) is 17.8 Å². The Hall–Kier alpha value is -2.90. The van der Waals surface area contributed by atoms with Gasteiger partial charge in [-0.3, -0.25) is 19.5 Å². The Morgan fingerprint density at radius 2 is 1.74 bits per heavy atom. The summed E-state index contributed by atoms with van der Waals surface area (Å²) in [5, 5.41) is 0. The summed E-state index contributed by atoms with van der Waals surface area (Å²) in [6.45, 7) is 11.5. The van der Waals surface area contributed by atoms with Gasteiger partial charge in [0.25, 0.3) is 5.92 Å². The molecule has 1 aromatic rings. The highest BCUT2D eigenvalue weighted by Crippen LogP contribution is 2.47. The number of carbonyl (C=O) groups excluding carboxylic acids is 2. The molecule has 3 aliphatic heterocycles. The number of ether oxygens (including phenoxy) is 3. The maximum absolute atomic E-state index is 15.0. The number of piperidine rings is 1. The molecule has 4 atom stereocenters. The zero-order chi connectivity index (χ0) is 31.0. The zero-order valence-corrected chi connectivity index (χ0v) is 25.4. The van der Waals surface area contributed by atoms with Gasteiger partial charge in [-0.25, -0.2) is 13.8 Å². The van der Waals surface area contributed by atoms with E-state index in [0.717, 1.165) is 0 Å². The second-order valence-corrected chi connectivity index (χ2v) is 12.3. The van der Waals surface area contributed by atoms with Gasteiger partial charge < -0.3 is 29.4 Å². The predicted octanol–water partition coefficient (Wildman–Crippen LogP) is 2.99. The molecular formula is C29H44F2N6O5. The number of alkyl halides is 2. The highest BCUT2D eigenvalue weighted by molar-refractivity contribution is 6.01. The SMILES string of the molecule is C=Nc1c(/C(N)=N\C)ccn1[C@@H]1O[C@H](CN2CC(F)(F)CC23CCN(C)CC3)[C@@H](OC(=O)C(C)C)[C@H]1OC(=O)C(C)C. The lowest BCUT2D eigenvalue weighted by molar-refractivity contribution is -0.172. The number of nitrogens with two attached hydrogens (primary N) is 1. The molecule has 1 spiro atoms. The molecular weight excluding hydrogens is 550 g/mol. The molecule has 13 heteroatoms. The van der Waals surface area contributed by atoms with Crippen molar-refractivity contribution in [1.82, 2.24) is 14.4 Å². The van der Waals surface area contributed by atoms with Gasteiger partial charge in [-0.15, -0.1) is 0 Å². The number of halogens is 2. The lowest BCUT2D eigenvalue weighted by atomic mass is 9.84. The third kappa shape index (κ3) is 6.37. The molecule has 0 aromatic carbocycles. The summed E-state index contributed by atoms with van der Waals surface area (Å²) in [6, 6.07) is 1.69. The molecule has 2 N–H and O–H groups in total. The average molecular weight is 595 g/mol. The van der Waals surface area contributed by atoms with E-state index in [4.69, 9.17) is 19.9 Å². The molecule has 3 fully saturated rings. The van der Waals surface area contributed by atoms with Crippen molar-refractivity contribution < 1.29 is 32.6 Å². The third-order valence-electron chi connectivity index (χ3n) is 8.56. The monoisotopic (exact) mass is 594 g/mol. The maximum atomic E-state index is 15.0. The van der Waals surface area contributed by atoms with Crippen LogP contribution in [-0.4, -0.2) is 109 Å². The molecule has 0 aliphatic carbocycles. The molecule has 234 valence electrons. The fourth-order valence-electron chi connectivity index (χ4n) is 6.12. The number of hydrogen-bond donors (Lipinski definition) is 1. The molecule has 0 amide bonds. The second kappa shape index (κ2) is 12.4. The molecule has 4 rings (SSSR count). The number of likely N-dealkylation sites (tertiary alicyclic amines) is 2. The van der Waals surface area contributed by atoms with Gasteiger partial charge in [0.05, 0.1) is 23.9 Å². The molecule has 11 nitrogen and oxygen atoms in total. The van der Waals surface area contributed by atoms with Crippen LogP contribution in [-0.2, 0) is 23.8 Å². The number of aromatic nitrogens is 1. The van der Waals surface area contributed by atoms with Crippen molar-refractivity contribution in [2.45, 2.75) is 83.0 Å². The summed E-state index contributed by atoms with van der Waals surface area (Å²) in [5.74, 6) is -4.32. The molecule has 0 saturated carbocycles. The highest BCUT2D eigenvalue weighted by atomic mass is 19.3. The summed E-state index contributed by atoms with van der Waals surface area (Å²) in [5.41, 5.74) is 5.87. The van der Waals surface area contributed by atoms with Crippen LogP contribution < -0.4 is 5.73 Å². The van der Waals surface area contributed by atoms with Crippen LogP contribution in [0.4, 0.5) is 14.6 Å². The first-order valence-electron chi connectivity index (χ1n) is 14.5. The summed E-state index contributed by atoms with van der Waals surface area (Å²) >= 11 is 0. The third-order valence-corrected chi connectivity index (χ3v) is 8.56. The number of carbonyl (C=O) groups is 2. The molecule has 3 aliphatic rings. The number of esters is 2. The van der Waals surface area contributed by atoms with Crippen LogP contribution in [0.2, 0.25) is 0 Å². The van der Waals surface area contributed by atoms with Gasteiger partial charge in [-0.2, -0.15) is 0 Å². The van der Waals surface area contributed by atoms with Crippen molar-refractivity contribution in [2.24, 2.45) is 27.6 Å². The number of hydrogen-bond acceptors (Lipinski definition) is 9. The van der Waals surface area contributed by atoms with Crippen LogP contribution in [0.1, 0.15) is 58.7 Å². The maximum Gasteiger partial charge on any atom is 0.308 e. The standard InChI is InChI=1S/C29H44F2N6O5/c1-17(2)26(38)41-21-20(14-36-16-29(30,31)15-28(36)9-12-35(7)13-10-28)40-25(22(21)42-27(39)18(3)4)37-11-8-19(23(32)33-5)24(37)34-6/h8,11,17-18,20-22,25H,6,9-10,12-16H2,1-5,7H3,(H2,32,33)/t20-,21-,22-,25-/m1/s1. The van der Waals surface area contributed by atoms with Gasteiger partial charge in [0, 0.05) is 31.7 Å². The Morgan fingerprint density at radius 1 is 1.14 bits per heavy atom. The number of rotatable bonds is 9. The summed E-state index contributed by atoms with van der Waals surface area (Å²) in [4.78, 5) is 38.0. The minimum Gasteiger partial charge on any atom is -0.455 e. The molecule has 0 bridgehead atoms. The molecule has 0 radical (unpaired) electrons. The lowest BCUT2D eigenvalue weighted by Gasteiger charge is -2.44. The van der Waals surface area contributed by atoms with Crippen LogP contribution in [0, 0.1) is 11.8 Å². The Kier molecular flexibility index (Phi) is 9.43. The summed E-state index contributed by atoms with van der Waals surface area (Å²) < 4.78 is 50.1. The van der Waals surface area contributed by atoms with E-state index < -0.39 is 66.3 Å². The van der Waals surface area contributed by atoms with Crippen LogP contribution in [0.3, 0.4) is 0 Å². The van der Waals surface area contributed by atoms with E-state index in [1.165, 1.54) is 0 Å². The van der Waals surface area contributed by atoms with Crippen LogP contribution in [0.5, 0.6) is 0 Å². The van der Waals surface area contributed by atoms with Crippen LogP contribution in [0.15, 0.2) is 22.2 Å². The van der Waals surface area contributed by atoms with Crippen LogP contribution >= 0.6 is 0 Å². The second-order valence-electron chi connectivity index (χ2n) is 12.3. The number of amidine groups is 1. The fraction of sp³-hybridized carbons (Fsp3) is 0.724. The first kappa shape index (κ1) is 32.0. The van der Waals surface area contributed by atoms with Crippen molar-refractivity contribution in [3.8, 4) is 0 Å². The Labute approximate surface area is 246 Å². The van der Waals surface area contributed by atoms with Crippen LogP contribution in [0.25, 0.3) is 0 Å². The van der Waals surface area contributed by atoms with Crippen molar-refractivity contribution >= 4 is 30.3 Å². The van der Waals surface area contributed by atoms with Gasteiger partial charge in [0.15, 0.2) is 18.4 Å². The topological polar surface area (TPSA) is 124 Å². The van der Waals surface area contributed by atoms with Crippen molar-refractivity contribution in [2.75, 3.05) is 40.3 Å². The average Bonchev–Trinajstić information content (AvgIpc) is 3.57. The first-order valence-corrected chi connectivity index (χ1v) is 14.5. The fourth-order valence-corrected chi connectivity index (χ4v) is 6.12. The molecule has 42 heavy (non-hydrogen) atoms. The van der Waals surface area contributed by atoms with Gasteiger partial charge in [-0.1, -0.05) is 27.7 Å². The molecule has 3 saturated heterocycles. The highest BCUT2D eigenvalue weighted by Gasteiger charge is 2.58. The number of nitrogens with zero attached hydrogens (tertiary/aromatic N) is 5. The summed E-state index contributed by atoms with van der Waals surface area (Å²) in [7, 11) is 3.53. The minimum atomic E-state index is -2.87. The molecule has 4 heterocycles. The zero-order valence-electron chi connectivity index (χ0n) is 25.4. The Bertz CT molecular complexity index is 1190. The smallest absolute Gasteiger partial charge is 0.308 e. The lowest BCUT2D eigenvalue weighted by Crippen LogP contribution is -2.54. The van der Waals surface area contributed by atoms with Gasteiger partial charge in [0.2, 0.25) is 0 Å². The van der Waals surface area contributed by atoms with E-state index in [2.05, 4.69) is 21.6 Å². The molecule has 1 aromatic heterocycles. The van der Waals surface area contributed by atoms with Crippen molar-refractivity contribution in [1.29, 1.82) is 0 Å². The van der Waals surface area contributed by atoms with Crippen molar-refractivity contribution in [3.05, 3.63) is 17.8 Å². The van der Waals surface area contributed by atoms with E-state index in [9.17, 15) is 9.59 Å². The van der Waals surface area contributed by atoms with E-state index in [1.807, 2.05) is 7.05 Å². The Balaban J connectivity index is 1.76. The minimum absolute atomic E-state index is 0.0606. The van der Waals surface area contributed by atoms with E-state index in [0.29, 0.717) is 37.3 Å². The Morgan fingerprint density at radius 3 is 2.29 bits per heavy atom. The van der Waals surface area contributed by atoms with Gasteiger partial charge >= 0.3 is 11.9 Å². The first-order chi connectivity index (χ1) is 19.7. The normalized spacial score (nSPS) is 28.1. The predicted molar refractivity (Wildman–Crippen MR) is 154 cm³/mol. The molecule has 0 unspecified atom stereocenters. The van der Waals surface area contributed by atoms with Gasteiger partial charge in [-0.05, 0) is 45.8 Å².